The lowest BCUT2D eigenvalue weighted by Gasteiger charge is -2.26. The molecule has 3 heteroatoms. The van der Waals surface area contributed by atoms with Gasteiger partial charge in [-0.3, -0.25) is 9.78 Å². The molecule has 0 aliphatic carbocycles. The summed E-state index contributed by atoms with van der Waals surface area (Å²) in [4.78, 5) is 19.2. The smallest absolute Gasteiger partial charge is 0.170 e. The molecule has 2 rings (SSSR count). The minimum absolute atomic E-state index is 0.0617. The Labute approximate surface area is 132 Å². The summed E-state index contributed by atoms with van der Waals surface area (Å²) >= 11 is 0. The summed E-state index contributed by atoms with van der Waals surface area (Å²) in [6.07, 6.45) is 3.89. The van der Waals surface area contributed by atoms with Crippen molar-refractivity contribution in [2.45, 2.75) is 52.4 Å². The van der Waals surface area contributed by atoms with Crippen molar-refractivity contribution in [2.24, 2.45) is 0 Å². The van der Waals surface area contributed by atoms with Gasteiger partial charge in [-0.2, -0.15) is 0 Å². The number of hydrogen-bond donors (Lipinski definition) is 0. The second-order valence-corrected chi connectivity index (χ2v) is 7.74. The van der Waals surface area contributed by atoms with Crippen molar-refractivity contribution in [3.05, 3.63) is 47.4 Å². The Morgan fingerprint density at radius 3 is 1.73 bits per heavy atom. The molecule has 0 saturated carbocycles. The minimum atomic E-state index is 0.0617. The molecule has 0 radical (unpaired) electrons. The molecule has 3 nitrogen and oxygen atoms in total. The summed E-state index contributed by atoms with van der Waals surface area (Å²) in [7, 11) is 0. The lowest BCUT2D eigenvalue weighted by Crippen LogP contribution is -2.16. The van der Waals surface area contributed by atoms with Crippen LogP contribution in [0, 0.1) is 0 Å². The van der Waals surface area contributed by atoms with Crippen LogP contribution in [0.1, 0.15) is 63.2 Å². The quantitative estimate of drug-likeness (QED) is 0.763. The van der Waals surface area contributed by atoms with Crippen LogP contribution in [0.3, 0.4) is 0 Å². The molecule has 22 heavy (non-hydrogen) atoms. The molecule has 0 bridgehead atoms. The number of aromatic nitrogens is 2. The van der Waals surface area contributed by atoms with Crippen LogP contribution >= 0.6 is 0 Å². The van der Waals surface area contributed by atoms with Gasteiger partial charge in [0.25, 0.3) is 0 Å². The minimum Gasteiger partial charge on any atom is -0.296 e. The Bertz CT molecular complexity index is 642. The first kappa shape index (κ1) is 16.3. The van der Waals surface area contributed by atoms with E-state index in [1.54, 1.807) is 6.20 Å². The molecule has 0 fully saturated rings. The van der Waals surface area contributed by atoms with Crippen LogP contribution in [0.25, 0.3) is 11.3 Å². The van der Waals surface area contributed by atoms with E-state index in [9.17, 15) is 4.79 Å². The molecule has 0 aliphatic heterocycles. The molecule has 116 valence electrons. The fourth-order valence-corrected chi connectivity index (χ4v) is 2.19. The maximum absolute atomic E-state index is 10.7. The highest BCUT2D eigenvalue weighted by Gasteiger charge is 2.21. The molecule has 1 aromatic carbocycles. The van der Waals surface area contributed by atoms with E-state index in [0.29, 0.717) is 12.0 Å². The first-order valence-electron chi connectivity index (χ1n) is 7.55. The Balaban J connectivity index is 2.61. The number of aldehydes is 1. The number of nitrogens with zero attached hydrogens (tertiary/aromatic N) is 2. The zero-order valence-electron chi connectivity index (χ0n) is 14.3. The van der Waals surface area contributed by atoms with E-state index >= 15 is 0 Å². The third kappa shape index (κ3) is 3.59. The molecule has 0 spiro atoms. The first-order chi connectivity index (χ1) is 10.1. The molecule has 0 atom stereocenters. The first-order valence-corrected chi connectivity index (χ1v) is 7.55. The van der Waals surface area contributed by atoms with Crippen LogP contribution in [0.2, 0.25) is 0 Å². The van der Waals surface area contributed by atoms with Gasteiger partial charge in [-0.25, -0.2) is 4.98 Å². The predicted molar refractivity (Wildman–Crippen MR) is 90.3 cm³/mol. The van der Waals surface area contributed by atoms with Crippen molar-refractivity contribution in [3.63, 3.8) is 0 Å². The van der Waals surface area contributed by atoms with Crippen LogP contribution in [-0.2, 0) is 10.8 Å². The van der Waals surface area contributed by atoms with Gasteiger partial charge in [-0.15, -0.1) is 0 Å². The van der Waals surface area contributed by atoms with E-state index < -0.39 is 0 Å². The largest absolute Gasteiger partial charge is 0.296 e. The highest BCUT2D eigenvalue weighted by atomic mass is 16.1. The summed E-state index contributed by atoms with van der Waals surface area (Å²) in [6.45, 7) is 13.2. The van der Waals surface area contributed by atoms with Crippen molar-refractivity contribution in [1.82, 2.24) is 9.97 Å². The lowest BCUT2D eigenvalue weighted by molar-refractivity contribution is 0.111. The van der Waals surface area contributed by atoms with Crippen molar-refractivity contribution >= 4 is 6.29 Å². The number of carbonyl (C=O) groups excluding carboxylic acids is 1. The zero-order chi connectivity index (χ0) is 16.5. The van der Waals surface area contributed by atoms with Gasteiger partial charge in [-0.1, -0.05) is 47.6 Å². The number of carbonyl (C=O) groups is 1. The molecule has 0 unspecified atom stereocenters. The molecule has 2 aromatic rings. The summed E-state index contributed by atoms with van der Waals surface area (Å²) in [6, 6.07) is 6.61. The Morgan fingerprint density at radius 1 is 0.818 bits per heavy atom. The van der Waals surface area contributed by atoms with Crippen LogP contribution in [0.15, 0.2) is 30.6 Å². The number of benzene rings is 1. The van der Waals surface area contributed by atoms with Crippen molar-refractivity contribution in [2.75, 3.05) is 0 Å². The maximum atomic E-state index is 10.7. The summed E-state index contributed by atoms with van der Waals surface area (Å²) in [5.41, 5.74) is 4.86. The molecule has 0 aliphatic rings. The second kappa shape index (κ2) is 5.64. The summed E-state index contributed by atoms with van der Waals surface area (Å²) < 4.78 is 0. The molecule has 1 heterocycles. The van der Waals surface area contributed by atoms with Gasteiger partial charge in [0, 0.05) is 5.56 Å². The topological polar surface area (TPSA) is 42.9 Å². The van der Waals surface area contributed by atoms with Gasteiger partial charge in [0.15, 0.2) is 6.29 Å². The van der Waals surface area contributed by atoms with Gasteiger partial charge < -0.3 is 0 Å². The number of hydrogen-bond acceptors (Lipinski definition) is 3. The van der Waals surface area contributed by atoms with Crippen LogP contribution in [0.5, 0.6) is 0 Å². The van der Waals surface area contributed by atoms with Gasteiger partial charge in [-0.05, 0) is 34.1 Å². The number of rotatable bonds is 2. The average molecular weight is 296 g/mol. The van der Waals surface area contributed by atoms with Crippen LogP contribution < -0.4 is 0 Å². The molecular weight excluding hydrogens is 272 g/mol. The normalized spacial score (nSPS) is 12.3. The molecular formula is C19H24N2O. The monoisotopic (exact) mass is 296 g/mol. The third-order valence-electron chi connectivity index (χ3n) is 3.75. The van der Waals surface area contributed by atoms with Crippen molar-refractivity contribution < 1.29 is 4.79 Å². The van der Waals surface area contributed by atoms with Gasteiger partial charge in [0.1, 0.15) is 5.69 Å². The van der Waals surface area contributed by atoms with E-state index in [-0.39, 0.29) is 10.8 Å². The highest BCUT2D eigenvalue weighted by Crippen LogP contribution is 2.33. The highest BCUT2D eigenvalue weighted by molar-refractivity contribution is 5.72. The molecule has 0 amide bonds. The van der Waals surface area contributed by atoms with Gasteiger partial charge >= 0.3 is 0 Å². The Morgan fingerprint density at radius 2 is 1.36 bits per heavy atom. The Hall–Kier alpha value is -2.03. The molecule has 0 saturated heterocycles. The van der Waals surface area contributed by atoms with Gasteiger partial charge in [0.2, 0.25) is 0 Å². The Kier molecular flexibility index (Phi) is 4.19. The molecule has 0 N–H and O–H groups in total. The van der Waals surface area contributed by atoms with Crippen molar-refractivity contribution in [3.8, 4) is 11.3 Å². The lowest BCUT2D eigenvalue weighted by atomic mass is 9.79. The SMILES string of the molecule is CC(C)(C)c1cc(-c2cnc(C=O)cn2)cc(C(C)(C)C)c1. The molecule has 1 aromatic heterocycles. The third-order valence-corrected chi connectivity index (χ3v) is 3.75. The van der Waals surface area contributed by atoms with E-state index in [1.807, 2.05) is 0 Å². The zero-order valence-corrected chi connectivity index (χ0v) is 14.3. The fourth-order valence-electron chi connectivity index (χ4n) is 2.19. The van der Waals surface area contributed by atoms with Crippen LogP contribution in [0.4, 0.5) is 0 Å². The van der Waals surface area contributed by atoms with E-state index in [4.69, 9.17) is 0 Å². The second-order valence-electron chi connectivity index (χ2n) is 7.74. The summed E-state index contributed by atoms with van der Waals surface area (Å²) in [5, 5.41) is 0. The summed E-state index contributed by atoms with van der Waals surface area (Å²) in [5.74, 6) is 0. The van der Waals surface area contributed by atoms with Crippen molar-refractivity contribution in [1.29, 1.82) is 0 Å². The van der Waals surface area contributed by atoms with Gasteiger partial charge in [0.05, 0.1) is 18.1 Å². The van der Waals surface area contributed by atoms with E-state index in [0.717, 1.165) is 11.3 Å². The average Bonchev–Trinajstić information content (AvgIpc) is 2.45. The van der Waals surface area contributed by atoms with E-state index in [1.165, 1.54) is 17.3 Å². The standard InChI is InChI=1S/C19H24N2O/c1-18(2,3)14-7-13(8-15(9-14)19(4,5)6)17-11-20-16(12-22)10-21-17/h7-12H,1-6H3. The predicted octanol–water partition coefficient (Wildman–Crippen LogP) is 4.55. The maximum Gasteiger partial charge on any atom is 0.170 e. The van der Waals surface area contributed by atoms with E-state index in [2.05, 4.69) is 69.7 Å². The fraction of sp³-hybridized carbons (Fsp3) is 0.421. The van der Waals surface area contributed by atoms with Crippen LogP contribution in [-0.4, -0.2) is 16.3 Å².